The van der Waals surface area contributed by atoms with Crippen LogP contribution in [0.5, 0.6) is 0 Å². The minimum absolute atomic E-state index is 0.0764. The molecule has 10 nitrogen and oxygen atoms in total. The van der Waals surface area contributed by atoms with Crippen LogP contribution >= 0.6 is 0 Å². The number of hydrogen-bond donors (Lipinski definition) is 3. The highest BCUT2D eigenvalue weighted by Gasteiger charge is 2.14. The predicted molar refractivity (Wildman–Crippen MR) is 134 cm³/mol. The molecule has 0 atom stereocenters. The molecule has 178 valence electrons. The van der Waals surface area contributed by atoms with Crippen molar-refractivity contribution in [2.45, 2.75) is 13.5 Å². The van der Waals surface area contributed by atoms with Crippen LogP contribution in [0.1, 0.15) is 21.6 Å². The third-order valence-electron chi connectivity index (χ3n) is 5.45. The third-order valence-corrected chi connectivity index (χ3v) is 5.45. The highest BCUT2D eigenvalue weighted by atomic mass is 16.2. The molecule has 10 heteroatoms. The van der Waals surface area contributed by atoms with E-state index in [1.807, 2.05) is 31.2 Å². The summed E-state index contributed by atoms with van der Waals surface area (Å²) in [5.74, 6) is -0.462. The first-order valence-corrected chi connectivity index (χ1v) is 10.8. The predicted octanol–water partition coefficient (Wildman–Crippen LogP) is 2.51. The fourth-order valence-corrected chi connectivity index (χ4v) is 3.63. The summed E-state index contributed by atoms with van der Waals surface area (Å²) in [6, 6.07) is 17.1. The summed E-state index contributed by atoms with van der Waals surface area (Å²) < 4.78 is 2.22. The number of benzene rings is 2. The van der Waals surface area contributed by atoms with E-state index in [2.05, 4.69) is 20.9 Å². The summed E-state index contributed by atoms with van der Waals surface area (Å²) in [4.78, 5) is 53.7. The molecule has 0 saturated carbocycles. The minimum Gasteiger partial charge on any atom is -0.347 e. The van der Waals surface area contributed by atoms with E-state index in [-0.39, 0.29) is 29.3 Å². The lowest BCUT2D eigenvalue weighted by Gasteiger charge is -2.11. The number of carbonyl (C=O) groups excluding carboxylic acids is 2. The van der Waals surface area contributed by atoms with Gasteiger partial charge in [-0.15, -0.1) is 0 Å². The molecule has 2 aromatic heterocycles. The van der Waals surface area contributed by atoms with Gasteiger partial charge in [-0.2, -0.15) is 0 Å². The number of hydrogen-bond acceptors (Lipinski definition) is 5. The molecule has 0 bridgehead atoms. The average Bonchev–Trinajstić information content (AvgIpc) is 2.84. The molecule has 35 heavy (non-hydrogen) atoms. The standard InChI is InChI=1S/C25H24N6O4/c1-15-6-4-8-17(12-15)27-24(34)28-18-9-5-7-16(13-18)14-26-22(32)20-11-10-19-21(29-20)30(2)25(35)31(3)23(19)33/h4-13H,14H2,1-3H3,(H,26,32)(H2,27,28,34). The van der Waals surface area contributed by atoms with Crippen LogP contribution in [0.15, 0.2) is 70.3 Å². The van der Waals surface area contributed by atoms with Gasteiger partial charge in [-0.1, -0.05) is 24.3 Å². The van der Waals surface area contributed by atoms with Crippen molar-refractivity contribution in [3.8, 4) is 0 Å². The number of nitrogens with one attached hydrogen (secondary N) is 3. The van der Waals surface area contributed by atoms with E-state index < -0.39 is 17.2 Å². The summed E-state index contributed by atoms with van der Waals surface area (Å²) in [6.07, 6.45) is 0. The Hall–Kier alpha value is -4.73. The Bertz CT molecular complexity index is 1570. The molecule has 2 heterocycles. The maximum absolute atomic E-state index is 12.7. The van der Waals surface area contributed by atoms with Crippen molar-refractivity contribution >= 4 is 34.3 Å². The van der Waals surface area contributed by atoms with Crippen LogP contribution in [0.3, 0.4) is 0 Å². The fraction of sp³-hybridized carbons (Fsp3) is 0.160. The van der Waals surface area contributed by atoms with Crippen molar-refractivity contribution in [1.29, 1.82) is 0 Å². The molecule has 0 aliphatic heterocycles. The van der Waals surface area contributed by atoms with E-state index in [9.17, 15) is 19.2 Å². The number of fused-ring (bicyclic) bond motifs is 1. The van der Waals surface area contributed by atoms with Crippen molar-refractivity contribution in [2.75, 3.05) is 10.6 Å². The second-order valence-corrected chi connectivity index (χ2v) is 8.11. The highest BCUT2D eigenvalue weighted by Crippen LogP contribution is 2.14. The molecule has 0 spiro atoms. The normalized spacial score (nSPS) is 10.7. The first kappa shape index (κ1) is 23.4. The summed E-state index contributed by atoms with van der Waals surface area (Å²) in [5.41, 5.74) is 2.26. The lowest BCUT2D eigenvalue weighted by Crippen LogP contribution is -2.37. The molecule has 3 amide bonds. The van der Waals surface area contributed by atoms with Gasteiger partial charge in [0.2, 0.25) is 0 Å². The van der Waals surface area contributed by atoms with Gasteiger partial charge in [0.15, 0.2) is 0 Å². The zero-order chi connectivity index (χ0) is 25.1. The van der Waals surface area contributed by atoms with E-state index in [1.165, 1.54) is 30.8 Å². The molecule has 4 rings (SSSR count). The molecule has 0 saturated heterocycles. The molecular formula is C25H24N6O4. The molecule has 2 aromatic carbocycles. The number of amides is 3. The van der Waals surface area contributed by atoms with Crippen molar-refractivity contribution in [3.63, 3.8) is 0 Å². The van der Waals surface area contributed by atoms with Crippen molar-refractivity contribution in [3.05, 3.63) is 98.3 Å². The van der Waals surface area contributed by atoms with Crippen LogP contribution in [0.25, 0.3) is 11.0 Å². The second kappa shape index (κ2) is 9.64. The summed E-state index contributed by atoms with van der Waals surface area (Å²) in [6.45, 7) is 2.12. The molecule has 3 N–H and O–H groups in total. The Morgan fingerprint density at radius 3 is 2.29 bits per heavy atom. The third kappa shape index (κ3) is 5.11. The van der Waals surface area contributed by atoms with Gasteiger partial charge in [0.05, 0.1) is 5.39 Å². The van der Waals surface area contributed by atoms with Crippen molar-refractivity contribution in [1.82, 2.24) is 19.4 Å². The average molecular weight is 473 g/mol. The number of aromatic nitrogens is 3. The van der Waals surface area contributed by atoms with Gasteiger partial charge in [-0.25, -0.2) is 14.6 Å². The highest BCUT2D eigenvalue weighted by molar-refractivity contribution is 5.99. The van der Waals surface area contributed by atoms with E-state index in [0.717, 1.165) is 15.7 Å². The van der Waals surface area contributed by atoms with Crippen LogP contribution in [0.2, 0.25) is 0 Å². The number of carbonyl (C=O) groups is 2. The van der Waals surface area contributed by atoms with Crippen molar-refractivity contribution < 1.29 is 9.59 Å². The number of nitrogens with zero attached hydrogens (tertiary/aromatic N) is 3. The summed E-state index contributed by atoms with van der Waals surface area (Å²) in [7, 11) is 2.88. The minimum atomic E-state index is -0.525. The molecule has 0 aliphatic rings. The van der Waals surface area contributed by atoms with Crippen LogP contribution in [0, 0.1) is 6.92 Å². The molecular weight excluding hydrogens is 448 g/mol. The van der Waals surface area contributed by atoms with Gasteiger partial charge in [0.1, 0.15) is 11.3 Å². The van der Waals surface area contributed by atoms with E-state index in [4.69, 9.17) is 0 Å². The van der Waals surface area contributed by atoms with Crippen LogP contribution in [-0.2, 0) is 20.6 Å². The molecule has 0 radical (unpaired) electrons. The number of urea groups is 1. The molecule has 0 aliphatic carbocycles. The Morgan fingerprint density at radius 1 is 0.886 bits per heavy atom. The van der Waals surface area contributed by atoms with Crippen LogP contribution in [0.4, 0.5) is 16.2 Å². The maximum Gasteiger partial charge on any atom is 0.332 e. The second-order valence-electron chi connectivity index (χ2n) is 8.11. The Labute approximate surface area is 200 Å². The monoisotopic (exact) mass is 472 g/mol. The zero-order valence-corrected chi connectivity index (χ0v) is 19.5. The van der Waals surface area contributed by atoms with Gasteiger partial charge < -0.3 is 16.0 Å². The topological polar surface area (TPSA) is 127 Å². The molecule has 0 fully saturated rings. The van der Waals surface area contributed by atoms with Gasteiger partial charge >= 0.3 is 11.7 Å². The summed E-state index contributed by atoms with van der Waals surface area (Å²) >= 11 is 0. The fourth-order valence-electron chi connectivity index (χ4n) is 3.63. The number of anilines is 2. The van der Waals surface area contributed by atoms with Crippen molar-refractivity contribution in [2.24, 2.45) is 14.1 Å². The largest absolute Gasteiger partial charge is 0.347 e. The van der Waals surface area contributed by atoms with Crippen LogP contribution < -0.4 is 27.2 Å². The van der Waals surface area contributed by atoms with E-state index >= 15 is 0 Å². The van der Waals surface area contributed by atoms with E-state index in [1.54, 1.807) is 24.3 Å². The Morgan fingerprint density at radius 2 is 1.57 bits per heavy atom. The Kier molecular flexibility index (Phi) is 6.45. The smallest absolute Gasteiger partial charge is 0.332 e. The SMILES string of the molecule is Cc1cccc(NC(=O)Nc2cccc(CNC(=O)c3ccc4c(=O)n(C)c(=O)n(C)c4n3)c2)c1. The lowest BCUT2D eigenvalue weighted by molar-refractivity contribution is 0.0946. The van der Waals surface area contributed by atoms with Gasteiger partial charge in [-0.05, 0) is 54.4 Å². The van der Waals surface area contributed by atoms with Gasteiger partial charge in [0, 0.05) is 32.0 Å². The van der Waals surface area contributed by atoms with E-state index in [0.29, 0.717) is 11.4 Å². The molecule has 0 unspecified atom stereocenters. The first-order valence-electron chi connectivity index (χ1n) is 10.8. The van der Waals surface area contributed by atoms with Gasteiger partial charge in [-0.3, -0.25) is 18.7 Å². The number of aryl methyl sites for hydroxylation is 2. The maximum atomic E-state index is 12.7. The zero-order valence-electron chi connectivity index (χ0n) is 19.5. The number of pyridine rings is 1. The number of rotatable bonds is 5. The quantitative estimate of drug-likeness (QED) is 0.411. The lowest BCUT2D eigenvalue weighted by atomic mass is 10.2. The summed E-state index contributed by atoms with van der Waals surface area (Å²) in [5, 5.41) is 8.56. The molecule has 4 aromatic rings. The van der Waals surface area contributed by atoms with Crippen LogP contribution in [-0.4, -0.2) is 26.1 Å². The Balaban J connectivity index is 1.43. The van der Waals surface area contributed by atoms with Gasteiger partial charge in [0.25, 0.3) is 11.5 Å². The first-order chi connectivity index (χ1) is 16.7.